The third-order valence-electron chi connectivity index (χ3n) is 3.93. The molecule has 3 rings (SSSR count). The summed E-state index contributed by atoms with van der Waals surface area (Å²) in [6.07, 6.45) is 5.38. The molecule has 134 valence electrons. The molecule has 0 unspecified atom stereocenters. The number of nitrogens with zero attached hydrogens (tertiary/aromatic N) is 4. The van der Waals surface area contributed by atoms with Gasteiger partial charge >= 0.3 is 0 Å². The Morgan fingerprint density at radius 1 is 1.15 bits per heavy atom. The van der Waals surface area contributed by atoms with E-state index in [4.69, 9.17) is 0 Å². The maximum absolute atomic E-state index is 12.3. The lowest BCUT2D eigenvalue weighted by molar-refractivity contribution is 0.0943. The number of rotatable bonds is 7. The van der Waals surface area contributed by atoms with Crippen molar-refractivity contribution in [2.24, 2.45) is 0 Å². The molecule has 0 aliphatic rings. The fourth-order valence-electron chi connectivity index (χ4n) is 2.48. The minimum atomic E-state index is -0.317. The Morgan fingerprint density at radius 2 is 1.96 bits per heavy atom. The molecule has 0 radical (unpaired) electrons. The second-order valence-corrected chi connectivity index (χ2v) is 5.94. The summed E-state index contributed by atoms with van der Waals surface area (Å²) in [6, 6.07) is 12.6. The highest BCUT2D eigenvalue weighted by molar-refractivity contribution is 5.91. The molecule has 26 heavy (non-hydrogen) atoms. The standard InChI is InChI=1S/C19H21N5O2/c1-2-3-11-23-18(25)10-9-17(22-23)19(26)20-12-15-13-21-24(14-15)16-7-5-4-6-8-16/h4-10,13-14H,2-3,11-12H2,1H3,(H,20,26). The highest BCUT2D eigenvalue weighted by Crippen LogP contribution is 2.07. The number of aromatic nitrogens is 4. The lowest BCUT2D eigenvalue weighted by Crippen LogP contribution is -2.29. The first-order chi connectivity index (χ1) is 12.7. The van der Waals surface area contributed by atoms with Crippen molar-refractivity contribution in [3.63, 3.8) is 0 Å². The van der Waals surface area contributed by atoms with Crippen LogP contribution in [0.15, 0.2) is 59.7 Å². The Morgan fingerprint density at radius 3 is 2.73 bits per heavy atom. The van der Waals surface area contributed by atoms with Crippen molar-refractivity contribution in [2.45, 2.75) is 32.9 Å². The molecule has 0 fully saturated rings. The topological polar surface area (TPSA) is 81.8 Å². The summed E-state index contributed by atoms with van der Waals surface area (Å²) >= 11 is 0. The molecule has 7 heteroatoms. The minimum Gasteiger partial charge on any atom is -0.346 e. The summed E-state index contributed by atoms with van der Waals surface area (Å²) in [4.78, 5) is 24.1. The van der Waals surface area contributed by atoms with Crippen molar-refractivity contribution < 1.29 is 4.79 Å². The van der Waals surface area contributed by atoms with Gasteiger partial charge in [-0.3, -0.25) is 9.59 Å². The Labute approximate surface area is 151 Å². The van der Waals surface area contributed by atoms with Crippen molar-refractivity contribution in [2.75, 3.05) is 0 Å². The number of amides is 1. The van der Waals surface area contributed by atoms with Gasteiger partial charge in [0.05, 0.1) is 11.9 Å². The average molecular weight is 351 g/mol. The van der Waals surface area contributed by atoms with Crippen LogP contribution in [0, 0.1) is 0 Å². The summed E-state index contributed by atoms with van der Waals surface area (Å²) < 4.78 is 3.09. The number of hydrogen-bond donors (Lipinski definition) is 1. The summed E-state index contributed by atoms with van der Waals surface area (Å²) in [5.74, 6) is -0.317. The Hall–Kier alpha value is -3.22. The molecule has 1 aromatic carbocycles. The fraction of sp³-hybridized carbons (Fsp3) is 0.263. The van der Waals surface area contributed by atoms with Crippen LogP contribution in [0.25, 0.3) is 5.69 Å². The number of hydrogen-bond acceptors (Lipinski definition) is 4. The fourth-order valence-corrected chi connectivity index (χ4v) is 2.48. The zero-order valence-electron chi connectivity index (χ0n) is 14.6. The van der Waals surface area contributed by atoms with Gasteiger partial charge in [-0.25, -0.2) is 9.36 Å². The molecule has 2 aromatic heterocycles. The summed E-state index contributed by atoms with van der Waals surface area (Å²) in [5.41, 5.74) is 1.87. The van der Waals surface area contributed by atoms with Crippen molar-refractivity contribution in [1.82, 2.24) is 24.9 Å². The molecule has 1 N–H and O–H groups in total. The van der Waals surface area contributed by atoms with Crippen molar-refractivity contribution >= 4 is 5.91 Å². The first-order valence-corrected chi connectivity index (χ1v) is 8.62. The molecular formula is C19H21N5O2. The van der Waals surface area contributed by atoms with Crippen LogP contribution < -0.4 is 10.9 Å². The van der Waals surface area contributed by atoms with Gasteiger partial charge in [0, 0.05) is 30.9 Å². The Kier molecular flexibility index (Phi) is 5.58. The van der Waals surface area contributed by atoms with E-state index in [1.807, 2.05) is 43.5 Å². The van der Waals surface area contributed by atoms with E-state index in [9.17, 15) is 9.59 Å². The van der Waals surface area contributed by atoms with E-state index in [0.717, 1.165) is 24.1 Å². The van der Waals surface area contributed by atoms with E-state index in [2.05, 4.69) is 15.5 Å². The van der Waals surface area contributed by atoms with Gasteiger partial charge in [0.1, 0.15) is 5.69 Å². The second-order valence-electron chi connectivity index (χ2n) is 5.94. The molecule has 0 atom stereocenters. The first kappa shape index (κ1) is 17.6. The zero-order valence-corrected chi connectivity index (χ0v) is 14.6. The molecule has 0 bridgehead atoms. The number of para-hydroxylation sites is 1. The molecular weight excluding hydrogens is 330 g/mol. The first-order valence-electron chi connectivity index (χ1n) is 8.62. The largest absolute Gasteiger partial charge is 0.346 e. The quantitative estimate of drug-likeness (QED) is 0.707. The van der Waals surface area contributed by atoms with Crippen LogP contribution in [0.3, 0.4) is 0 Å². The van der Waals surface area contributed by atoms with E-state index in [1.165, 1.54) is 16.8 Å². The minimum absolute atomic E-state index is 0.195. The molecule has 0 aliphatic heterocycles. The normalized spacial score (nSPS) is 10.7. The number of benzene rings is 1. The molecule has 0 aliphatic carbocycles. The second kappa shape index (κ2) is 8.24. The number of carbonyl (C=O) groups is 1. The van der Waals surface area contributed by atoms with Crippen LogP contribution in [0.4, 0.5) is 0 Å². The van der Waals surface area contributed by atoms with Crippen molar-refractivity contribution in [3.8, 4) is 5.69 Å². The molecule has 1 amide bonds. The van der Waals surface area contributed by atoms with Gasteiger partial charge in [-0.05, 0) is 24.6 Å². The van der Waals surface area contributed by atoms with Gasteiger partial charge < -0.3 is 5.32 Å². The Bertz CT molecular complexity index is 930. The SMILES string of the molecule is CCCCn1nc(C(=O)NCc2cnn(-c3ccccc3)c2)ccc1=O. The van der Waals surface area contributed by atoms with Gasteiger partial charge in [0.25, 0.3) is 11.5 Å². The Balaban J connectivity index is 1.64. The van der Waals surface area contributed by atoms with Crippen molar-refractivity contribution in [1.29, 1.82) is 0 Å². The van der Waals surface area contributed by atoms with Gasteiger partial charge in [0.2, 0.25) is 0 Å². The van der Waals surface area contributed by atoms with E-state index < -0.39 is 0 Å². The van der Waals surface area contributed by atoms with Gasteiger partial charge in [-0.15, -0.1) is 0 Å². The summed E-state index contributed by atoms with van der Waals surface area (Å²) in [6.45, 7) is 2.89. The van der Waals surface area contributed by atoms with Gasteiger partial charge in [-0.1, -0.05) is 31.5 Å². The highest BCUT2D eigenvalue weighted by atomic mass is 16.2. The maximum Gasteiger partial charge on any atom is 0.271 e. The smallest absolute Gasteiger partial charge is 0.271 e. The molecule has 2 heterocycles. The van der Waals surface area contributed by atoms with E-state index in [1.54, 1.807) is 10.9 Å². The van der Waals surface area contributed by atoms with Crippen LogP contribution in [0.1, 0.15) is 35.8 Å². The van der Waals surface area contributed by atoms with Crippen molar-refractivity contribution in [3.05, 3.63) is 76.5 Å². The average Bonchev–Trinajstić information content (AvgIpc) is 3.15. The molecule has 7 nitrogen and oxygen atoms in total. The molecule has 0 saturated heterocycles. The molecule has 0 spiro atoms. The van der Waals surface area contributed by atoms with Crippen LogP contribution >= 0.6 is 0 Å². The summed E-state index contributed by atoms with van der Waals surface area (Å²) in [7, 11) is 0. The number of unbranched alkanes of at least 4 members (excludes halogenated alkanes) is 1. The third kappa shape index (κ3) is 4.24. The maximum atomic E-state index is 12.3. The van der Waals surface area contributed by atoms with Crippen LogP contribution in [0.2, 0.25) is 0 Å². The monoisotopic (exact) mass is 351 g/mol. The van der Waals surface area contributed by atoms with Crippen LogP contribution in [-0.2, 0) is 13.1 Å². The highest BCUT2D eigenvalue weighted by Gasteiger charge is 2.10. The zero-order chi connectivity index (χ0) is 18.4. The lowest BCUT2D eigenvalue weighted by Gasteiger charge is -2.06. The predicted molar refractivity (Wildman–Crippen MR) is 98.1 cm³/mol. The molecule has 0 saturated carbocycles. The number of aryl methyl sites for hydroxylation is 1. The van der Waals surface area contributed by atoms with E-state index in [0.29, 0.717) is 13.1 Å². The van der Waals surface area contributed by atoms with Crippen LogP contribution in [-0.4, -0.2) is 25.5 Å². The summed E-state index contributed by atoms with van der Waals surface area (Å²) in [5, 5.41) is 11.3. The third-order valence-corrected chi connectivity index (χ3v) is 3.93. The molecule has 3 aromatic rings. The van der Waals surface area contributed by atoms with Crippen LogP contribution in [0.5, 0.6) is 0 Å². The predicted octanol–water partition coefficient (Wildman–Crippen LogP) is 2.16. The number of nitrogens with one attached hydrogen (secondary N) is 1. The number of carbonyl (C=O) groups excluding carboxylic acids is 1. The van der Waals surface area contributed by atoms with E-state index >= 15 is 0 Å². The van der Waals surface area contributed by atoms with E-state index in [-0.39, 0.29) is 17.2 Å². The van der Waals surface area contributed by atoms with Gasteiger partial charge in [0.15, 0.2) is 0 Å². The lowest BCUT2D eigenvalue weighted by atomic mass is 10.3. The van der Waals surface area contributed by atoms with Gasteiger partial charge in [-0.2, -0.15) is 10.2 Å².